The molecule has 2 rings (SSSR count). The molecule has 0 saturated carbocycles. The van der Waals surface area contributed by atoms with Crippen molar-refractivity contribution in [2.45, 2.75) is 20.3 Å². The van der Waals surface area contributed by atoms with Gasteiger partial charge in [-0.15, -0.1) is 0 Å². The second-order valence-corrected chi connectivity index (χ2v) is 7.81. The number of carbonyl (C=O) groups is 1. The van der Waals surface area contributed by atoms with Gasteiger partial charge in [-0.3, -0.25) is 9.69 Å². The van der Waals surface area contributed by atoms with E-state index < -0.39 is 9.84 Å². The predicted octanol–water partition coefficient (Wildman–Crippen LogP) is 1.61. The van der Waals surface area contributed by atoms with Crippen molar-refractivity contribution in [3.8, 4) is 0 Å². The van der Waals surface area contributed by atoms with Crippen LogP contribution in [0.1, 0.15) is 27.9 Å². The average molecular weight is 295 g/mol. The standard InChI is InChI=1S/C15H21NO3S/c1-12-4-5-14(10-13(12)2)15(17)11-16-6-3-8-20(18,19)9-7-16/h4-5,10H,3,6-9,11H2,1-2H3. The Kier molecular flexibility index (Phi) is 4.60. The highest BCUT2D eigenvalue weighted by atomic mass is 32.2. The van der Waals surface area contributed by atoms with Gasteiger partial charge in [0, 0.05) is 12.1 Å². The molecule has 0 aliphatic carbocycles. The molecule has 0 atom stereocenters. The van der Waals surface area contributed by atoms with Gasteiger partial charge in [-0.05, 0) is 44.0 Å². The molecule has 110 valence electrons. The molecule has 1 aliphatic rings. The Morgan fingerprint density at radius 3 is 2.60 bits per heavy atom. The lowest BCUT2D eigenvalue weighted by Crippen LogP contribution is -2.32. The number of Topliss-reactive ketones (excluding diaryl/α,β-unsaturated/α-hetero) is 1. The van der Waals surface area contributed by atoms with E-state index in [1.807, 2.05) is 36.9 Å². The van der Waals surface area contributed by atoms with E-state index in [9.17, 15) is 13.2 Å². The van der Waals surface area contributed by atoms with Crippen LogP contribution < -0.4 is 0 Å². The smallest absolute Gasteiger partial charge is 0.176 e. The summed E-state index contributed by atoms with van der Waals surface area (Å²) in [5.41, 5.74) is 2.98. The molecule has 5 heteroatoms. The SMILES string of the molecule is Cc1ccc(C(=O)CN2CCCS(=O)(=O)CC2)cc1C. The largest absolute Gasteiger partial charge is 0.295 e. The number of hydrogen-bond donors (Lipinski definition) is 0. The summed E-state index contributed by atoms with van der Waals surface area (Å²) in [6.45, 7) is 5.45. The molecule has 0 spiro atoms. The quantitative estimate of drug-likeness (QED) is 0.795. The Balaban J connectivity index is 2.02. The van der Waals surface area contributed by atoms with Crippen LogP contribution in [0.2, 0.25) is 0 Å². The highest BCUT2D eigenvalue weighted by Crippen LogP contribution is 2.12. The topological polar surface area (TPSA) is 54.5 Å². The van der Waals surface area contributed by atoms with Crippen LogP contribution in [0.15, 0.2) is 18.2 Å². The van der Waals surface area contributed by atoms with Crippen molar-refractivity contribution >= 4 is 15.6 Å². The minimum absolute atomic E-state index is 0.0624. The molecule has 0 radical (unpaired) electrons. The van der Waals surface area contributed by atoms with Gasteiger partial charge in [-0.2, -0.15) is 0 Å². The molecule has 1 aromatic carbocycles. The second kappa shape index (κ2) is 6.06. The summed E-state index contributed by atoms with van der Waals surface area (Å²) in [5, 5.41) is 0. The molecule has 1 heterocycles. The molecule has 0 N–H and O–H groups in total. The molecule has 1 aromatic rings. The lowest BCUT2D eigenvalue weighted by molar-refractivity contribution is 0.0935. The van der Waals surface area contributed by atoms with Gasteiger partial charge in [-0.25, -0.2) is 8.42 Å². The van der Waals surface area contributed by atoms with Crippen LogP contribution in [0, 0.1) is 13.8 Å². The number of hydrogen-bond acceptors (Lipinski definition) is 4. The Morgan fingerprint density at radius 2 is 1.90 bits per heavy atom. The van der Waals surface area contributed by atoms with Crippen molar-refractivity contribution in [1.82, 2.24) is 4.90 Å². The van der Waals surface area contributed by atoms with E-state index in [0.717, 1.165) is 5.56 Å². The molecule has 4 nitrogen and oxygen atoms in total. The highest BCUT2D eigenvalue weighted by molar-refractivity contribution is 7.91. The molecule has 20 heavy (non-hydrogen) atoms. The zero-order chi connectivity index (χ0) is 14.8. The Hall–Kier alpha value is -1.20. The lowest BCUT2D eigenvalue weighted by atomic mass is 10.0. The third-order valence-corrected chi connectivity index (χ3v) is 5.56. The van der Waals surface area contributed by atoms with Gasteiger partial charge in [0.2, 0.25) is 0 Å². The van der Waals surface area contributed by atoms with Crippen LogP contribution in [0.3, 0.4) is 0 Å². The van der Waals surface area contributed by atoms with Gasteiger partial charge in [0.05, 0.1) is 18.1 Å². The number of ketones is 1. The maximum atomic E-state index is 12.3. The van der Waals surface area contributed by atoms with Crippen LogP contribution in [0.4, 0.5) is 0 Å². The van der Waals surface area contributed by atoms with Crippen molar-refractivity contribution in [2.75, 3.05) is 31.1 Å². The first-order valence-electron chi connectivity index (χ1n) is 6.91. The summed E-state index contributed by atoms with van der Waals surface area (Å²) >= 11 is 0. The van der Waals surface area contributed by atoms with E-state index in [0.29, 0.717) is 31.6 Å². The number of carbonyl (C=O) groups excluding carboxylic acids is 1. The Labute approximate surface area is 120 Å². The fourth-order valence-corrected chi connectivity index (χ4v) is 3.67. The summed E-state index contributed by atoms with van der Waals surface area (Å²) in [5.74, 6) is 0.460. The molecule has 0 aromatic heterocycles. The van der Waals surface area contributed by atoms with E-state index in [1.165, 1.54) is 5.56 Å². The first kappa shape index (κ1) is 15.2. The summed E-state index contributed by atoms with van der Waals surface area (Å²) in [7, 11) is -2.92. The first-order chi connectivity index (χ1) is 9.37. The van der Waals surface area contributed by atoms with Crippen molar-refractivity contribution in [3.63, 3.8) is 0 Å². The molecular formula is C15H21NO3S. The maximum absolute atomic E-state index is 12.3. The number of rotatable bonds is 3. The third kappa shape index (κ3) is 3.90. The zero-order valence-corrected chi connectivity index (χ0v) is 12.9. The molecule has 0 unspecified atom stereocenters. The molecular weight excluding hydrogens is 274 g/mol. The maximum Gasteiger partial charge on any atom is 0.176 e. The minimum Gasteiger partial charge on any atom is -0.295 e. The van der Waals surface area contributed by atoms with Crippen molar-refractivity contribution in [1.29, 1.82) is 0 Å². The van der Waals surface area contributed by atoms with Gasteiger partial charge in [0.15, 0.2) is 15.6 Å². The normalized spacial score (nSPS) is 19.5. The van der Waals surface area contributed by atoms with Crippen LogP contribution in [-0.4, -0.2) is 50.2 Å². The third-order valence-electron chi connectivity index (χ3n) is 3.84. The molecule has 1 aliphatic heterocycles. The van der Waals surface area contributed by atoms with Gasteiger partial charge in [-0.1, -0.05) is 12.1 Å². The average Bonchev–Trinajstić information content (AvgIpc) is 2.54. The summed E-state index contributed by atoms with van der Waals surface area (Å²) in [6.07, 6.45) is 0.614. The predicted molar refractivity (Wildman–Crippen MR) is 80.0 cm³/mol. The number of benzene rings is 1. The van der Waals surface area contributed by atoms with Gasteiger partial charge in [0.25, 0.3) is 0 Å². The molecule has 1 fully saturated rings. The fraction of sp³-hybridized carbons (Fsp3) is 0.533. The lowest BCUT2D eigenvalue weighted by Gasteiger charge is -2.18. The Morgan fingerprint density at radius 1 is 1.15 bits per heavy atom. The summed E-state index contributed by atoms with van der Waals surface area (Å²) in [4.78, 5) is 14.2. The van der Waals surface area contributed by atoms with Crippen molar-refractivity contribution in [3.05, 3.63) is 34.9 Å². The van der Waals surface area contributed by atoms with Crippen LogP contribution >= 0.6 is 0 Å². The van der Waals surface area contributed by atoms with E-state index in [4.69, 9.17) is 0 Å². The van der Waals surface area contributed by atoms with Crippen LogP contribution in [-0.2, 0) is 9.84 Å². The van der Waals surface area contributed by atoms with Crippen molar-refractivity contribution in [2.24, 2.45) is 0 Å². The van der Waals surface area contributed by atoms with E-state index >= 15 is 0 Å². The molecule has 1 saturated heterocycles. The summed E-state index contributed by atoms with van der Waals surface area (Å²) < 4.78 is 23.1. The first-order valence-corrected chi connectivity index (χ1v) is 8.73. The summed E-state index contributed by atoms with van der Waals surface area (Å²) in [6, 6.07) is 5.71. The monoisotopic (exact) mass is 295 g/mol. The number of aryl methyl sites for hydroxylation is 2. The number of nitrogens with zero attached hydrogens (tertiary/aromatic N) is 1. The molecule has 0 bridgehead atoms. The highest BCUT2D eigenvalue weighted by Gasteiger charge is 2.21. The van der Waals surface area contributed by atoms with Gasteiger partial charge >= 0.3 is 0 Å². The van der Waals surface area contributed by atoms with E-state index in [2.05, 4.69) is 0 Å². The van der Waals surface area contributed by atoms with Gasteiger partial charge < -0.3 is 0 Å². The van der Waals surface area contributed by atoms with Crippen molar-refractivity contribution < 1.29 is 13.2 Å². The van der Waals surface area contributed by atoms with Crippen LogP contribution in [0.25, 0.3) is 0 Å². The van der Waals surface area contributed by atoms with E-state index in [-0.39, 0.29) is 17.3 Å². The van der Waals surface area contributed by atoms with E-state index in [1.54, 1.807) is 0 Å². The van der Waals surface area contributed by atoms with Crippen LogP contribution in [0.5, 0.6) is 0 Å². The second-order valence-electron chi connectivity index (χ2n) is 5.50. The molecule has 0 amide bonds. The fourth-order valence-electron chi connectivity index (χ4n) is 2.36. The van der Waals surface area contributed by atoms with Gasteiger partial charge in [0.1, 0.15) is 0 Å². The Bertz CT molecular complexity index is 608. The zero-order valence-electron chi connectivity index (χ0n) is 12.1. The minimum atomic E-state index is -2.92. The number of sulfone groups is 1.